The fourth-order valence-corrected chi connectivity index (χ4v) is 2.68. The summed E-state index contributed by atoms with van der Waals surface area (Å²) in [4.78, 5) is 13.9. The van der Waals surface area contributed by atoms with E-state index in [9.17, 15) is 4.79 Å². The number of hydrogen-bond donors (Lipinski definition) is 1. The number of hydrogen-bond acceptors (Lipinski definition) is 4. The molecule has 18 heavy (non-hydrogen) atoms. The van der Waals surface area contributed by atoms with Gasteiger partial charge in [-0.1, -0.05) is 0 Å². The van der Waals surface area contributed by atoms with Gasteiger partial charge in [0.2, 0.25) is 5.91 Å². The summed E-state index contributed by atoms with van der Waals surface area (Å²) in [7, 11) is 0. The SMILES string of the molecule is C[C@@H]1CN(C(=O)COC[C@@H]2CCCO2)C[C@H](C)N1. The van der Waals surface area contributed by atoms with Crippen LogP contribution in [0.3, 0.4) is 0 Å². The van der Waals surface area contributed by atoms with Crippen LogP contribution in [0.1, 0.15) is 26.7 Å². The van der Waals surface area contributed by atoms with Crippen molar-refractivity contribution in [3.8, 4) is 0 Å². The Kier molecular flexibility index (Phi) is 4.97. The Bertz CT molecular complexity index is 269. The molecule has 2 saturated heterocycles. The van der Waals surface area contributed by atoms with Crippen molar-refractivity contribution in [2.24, 2.45) is 0 Å². The molecule has 2 fully saturated rings. The fourth-order valence-electron chi connectivity index (χ4n) is 2.68. The molecule has 0 aliphatic carbocycles. The summed E-state index contributed by atoms with van der Waals surface area (Å²) in [6.07, 6.45) is 2.35. The van der Waals surface area contributed by atoms with Crippen molar-refractivity contribution >= 4 is 5.91 Å². The Hall–Kier alpha value is -0.650. The van der Waals surface area contributed by atoms with Crippen LogP contribution in [0.2, 0.25) is 0 Å². The molecule has 1 amide bonds. The van der Waals surface area contributed by atoms with E-state index in [4.69, 9.17) is 9.47 Å². The molecule has 0 aromatic heterocycles. The number of carbonyl (C=O) groups excluding carboxylic acids is 1. The smallest absolute Gasteiger partial charge is 0.248 e. The lowest BCUT2D eigenvalue weighted by Gasteiger charge is -2.36. The van der Waals surface area contributed by atoms with Crippen LogP contribution >= 0.6 is 0 Å². The van der Waals surface area contributed by atoms with Gasteiger partial charge >= 0.3 is 0 Å². The van der Waals surface area contributed by atoms with Gasteiger partial charge in [-0.05, 0) is 26.7 Å². The second kappa shape index (κ2) is 6.50. The molecule has 1 N–H and O–H groups in total. The molecular weight excluding hydrogens is 232 g/mol. The maximum Gasteiger partial charge on any atom is 0.248 e. The van der Waals surface area contributed by atoms with E-state index in [1.165, 1.54) is 0 Å². The van der Waals surface area contributed by atoms with Crippen LogP contribution in [0.15, 0.2) is 0 Å². The number of nitrogens with zero attached hydrogens (tertiary/aromatic N) is 1. The maximum atomic E-state index is 12.0. The Balaban J connectivity index is 1.67. The molecule has 0 bridgehead atoms. The summed E-state index contributed by atoms with van der Waals surface area (Å²) in [5.74, 6) is 0.0909. The van der Waals surface area contributed by atoms with Crippen LogP contribution < -0.4 is 5.32 Å². The van der Waals surface area contributed by atoms with Crippen LogP contribution in [0.25, 0.3) is 0 Å². The molecule has 104 valence electrons. The molecule has 5 heteroatoms. The van der Waals surface area contributed by atoms with Gasteiger partial charge in [0, 0.05) is 31.8 Å². The summed E-state index contributed by atoms with van der Waals surface area (Å²) < 4.78 is 10.9. The number of carbonyl (C=O) groups is 1. The Morgan fingerprint density at radius 3 is 2.72 bits per heavy atom. The predicted molar refractivity (Wildman–Crippen MR) is 68.4 cm³/mol. The normalized spacial score (nSPS) is 32.8. The monoisotopic (exact) mass is 256 g/mol. The molecule has 0 spiro atoms. The first-order valence-corrected chi connectivity index (χ1v) is 6.88. The largest absolute Gasteiger partial charge is 0.376 e. The van der Waals surface area contributed by atoms with Crippen molar-refractivity contribution in [3.05, 3.63) is 0 Å². The second-order valence-electron chi connectivity index (χ2n) is 5.42. The number of nitrogens with one attached hydrogen (secondary N) is 1. The minimum absolute atomic E-state index is 0.0909. The highest BCUT2D eigenvalue weighted by molar-refractivity contribution is 5.77. The van der Waals surface area contributed by atoms with Crippen LogP contribution in [-0.4, -0.2) is 61.9 Å². The van der Waals surface area contributed by atoms with Crippen molar-refractivity contribution in [1.29, 1.82) is 0 Å². The van der Waals surface area contributed by atoms with Crippen molar-refractivity contribution in [2.75, 3.05) is 32.9 Å². The average molecular weight is 256 g/mol. The van der Waals surface area contributed by atoms with E-state index < -0.39 is 0 Å². The lowest BCUT2D eigenvalue weighted by molar-refractivity contribution is -0.139. The molecule has 0 radical (unpaired) electrons. The van der Waals surface area contributed by atoms with Crippen molar-refractivity contribution in [1.82, 2.24) is 10.2 Å². The summed E-state index contributed by atoms with van der Waals surface area (Å²) in [5, 5.41) is 3.41. The highest BCUT2D eigenvalue weighted by Gasteiger charge is 2.25. The summed E-state index contributed by atoms with van der Waals surface area (Å²) in [6, 6.07) is 0.715. The fraction of sp³-hybridized carbons (Fsp3) is 0.923. The predicted octanol–water partition coefficient (Wildman–Crippen LogP) is 0.391. The first-order valence-electron chi connectivity index (χ1n) is 6.88. The third-order valence-corrected chi connectivity index (χ3v) is 3.46. The van der Waals surface area contributed by atoms with Crippen molar-refractivity contribution in [3.63, 3.8) is 0 Å². The third kappa shape index (κ3) is 3.93. The number of rotatable bonds is 4. The van der Waals surface area contributed by atoms with E-state index in [1.54, 1.807) is 0 Å². The topological polar surface area (TPSA) is 50.8 Å². The molecular formula is C13H24N2O3. The Labute approximate surface area is 109 Å². The molecule has 2 aliphatic rings. The van der Waals surface area contributed by atoms with Gasteiger partial charge in [-0.3, -0.25) is 4.79 Å². The lowest BCUT2D eigenvalue weighted by atomic mass is 10.1. The molecule has 0 unspecified atom stereocenters. The number of amides is 1. The van der Waals surface area contributed by atoms with E-state index in [0.717, 1.165) is 32.5 Å². The lowest BCUT2D eigenvalue weighted by Crippen LogP contribution is -2.56. The Morgan fingerprint density at radius 2 is 2.11 bits per heavy atom. The highest BCUT2D eigenvalue weighted by Crippen LogP contribution is 2.12. The molecule has 2 heterocycles. The van der Waals surface area contributed by atoms with Gasteiger partial charge in [-0.25, -0.2) is 0 Å². The quantitative estimate of drug-likeness (QED) is 0.790. The first-order chi connectivity index (χ1) is 8.65. The van der Waals surface area contributed by atoms with Gasteiger partial charge < -0.3 is 19.7 Å². The summed E-state index contributed by atoms with van der Waals surface area (Å²) >= 11 is 0. The standard InChI is InChI=1S/C13H24N2O3/c1-10-6-15(7-11(2)14-10)13(16)9-17-8-12-4-3-5-18-12/h10-12,14H,3-9H2,1-2H3/t10-,11+,12-/m0/s1. The summed E-state index contributed by atoms with van der Waals surface area (Å²) in [6.45, 7) is 7.29. The minimum Gasteiger partial charge on any atom is -0.376 e. The highest BCUT2D eigenvalue weighted by atomic mass is 16.5. The maximum absolute atomic E-state index is 12.0. The van der Waals surface area contributed by atoms with Crippen LogP contribution in [-0.2, 0) is 14.3 Å². The minimum atomic E-state index is 0.0909. The zero-order valence-electron chi connectivity index (χ0n) is 11.4. The molecule has 0 saturated carbocycles. The van der Waals surface area contributed by atoms with Crippen LogP contribution in [0.4, 0.5) is 0 Å². The molecule has 3 atom stereocenters. The van der Waals surface area contributed by atoms with E-state index in [-0.39, 0.29) is 18.6 Å². The van der Waals surface area contributed by atoms with Crippen LogP contribution in [0.5, 0.6) is 0 Å². The van der Waals surface area contributed by atoms with Gasteiger partial charge in [-0.2, -0.15) is 0 Å². The molecule has 0 aromatic carbocycles. The average Bonchev–Trinajstić information content (AvgIpc) is 2.80. The Morgan fingerprint density at radius 1 is 1.39 bits per heavy atom. The zero-order chi connectivity index (χ0) is 13.0. The number of ether oxygens (including phenoxy) is 2. The third-order valence-electron chi connectivity index (χ3n) is 3.46. The van der Waals surface area contributed by atoms with Gasteiger partial charge in [0.05, 0.1) is 12.7 Å². The van der Waals surface area contributed by atoms with Gasteiger partial charge in [-0.15, -0.1) is 0 Å². The van der Waals surface area contributed by atoms with E-state index in [1.807, 2.05) is 4.90 Å². The van der Waals surface area contributed by atoms with Crippen molar-refractivity contribution < 1.29 is 14.3 Å². The van der Waals surface area contributed by atoms with E-state index in [0.29, 0.717) is 18.7 Å². The van der Waals surface area contributed by atoms with Crippen LogP contribution in [0, 0.1) is 0 Å². The van der Waals surface area contributed by atoms with Gasteiger partial charge in [0.25, 0.3) is 0 Å². The molecule has 0 aromatic rings. The summed E-state index contributed by atoms with van der Waals surface area (Å²) in [5.41, 5.74) is 0. The molecule has 5 nitrogen and oxygen atoms in total. The van der Waals surface area contributed by atoms with Gasteiger partial charge in [0.1, 0.15) is 6.61 Å². The zero-order valence-corrected chi connectivity index (χ0v) is 11.4. The van der Waals surface area contributed by atoms with Gasteiger partial charge in [0.15, 0.2) is 0 Å². The molecule has 2 aliphatic heterocycles. The number of piperazine rings is 1. The van der Waals surface area contributed by atoms with E-state index in [2.05, 4.69) is 19.2 Å². The van der Waals surface area contributed by atoms with Crippen molar-refractivity contribution in [2.45, 2.75) is 44.9 Å². The van der Waals surface area contributed by atoms with E-state index >= 15 is 0 Å². The first kappa shape index (κ1) is 13.8. The molecule has 2 rings (SSSR count). The second-order valence-corrected chi connectivity index (χ2v) is 5.42.